The number of hydrogen-bond acceptors (Lipinski definition) is 6. The van der Waals surface area contributed by atoms with Gasteiger partial charge in [-0.3, -0.25) is 19.3 Å². The van der Waals surface area contributed by atoms with Crippen LogP contribution in [0.25, 0.3) is 0 Å². The third-order valence-corrected chi connectivity index (χ3v) is 8.18. The first kappa shape index (κ1) is 30.5. The molecule has 2 atom stereocenters. The van der Waals surface area contributed by atoms with E-state index in [4.69, 9.17) is 4.74 Å². The van der Waals surface area contributed by atoms with Gasteiger partial charge in [0.1, 0.15) is 23.1 Å². The number of carbonyl (C=O) groups is 3. The molecule has 0 radical (unpaired) electrons. The number of rotatable bonds is 11. The van der Waals surface area contributed by atoms with Crippen molar-refractivity contribution >= 4 is 17.7 Å². The van der Waals surface area contributed by atoms with Crippen molar-refractivity contribution in [2.45, 2.75) is 77.1 Å². The molecule has 4 rings (SSSR count). The zero-order valence-electron chi connectivity index (χ0n) is 24.7. The van der Waals surface area contributed by atoms with Gasteiger partial charge in [0.05, 0.1) is 6.10 Å². The predicted molar refractivity (Wildman–Crippen MR) is 158 cm³/mol. The van der Waals surface area contributed by atoms with Crippen LogP contribution in [0, 0.1) is 5.92 Å². The molecule has 3 N–H and O–H groups in total. The molecule has 2 aliphatic rings. The predicted octanol–water partition coefficient (Wildman–Crippen LogP) is 3.71. The molecule has 1 spiro atoms. The van der Waals surface area contributed by atoms with Crippen LogP contribution in [0.1, 0.15) is 68.8 Å². The normalized spacial score (nSPS) is 19.8. The molecule has 9 heteroatoms. The highest BCUT2D eigenvalue weighted by Crippen LogP contribution is 2.35. The summed E-state index contributed by atoms with van der Waals surface area (Å²) in [6, 6.07) is 14.0. The fraction of sp³-hybridized carbons (Fsp3) is 0.531. The maximum Gasteiger partial charge on any atom is 0.251 e. The number of aliphatic hydroxyl groups is 1. The molecule has 222 valence electrons. The standard InChI is InChI=1S/C32H44N4O5/c1-5-6-17-36-30(39)28(27(37)20-22(2)3)34-31(40)32(36)15-18-35(19-16-32)21-23-7-11-25(12-8-23)41-26-13-9-24(10-14-26)29(38)33-4/h7-14,22,27-28,37H,5-6,15-21H2,1-4H3,(H,33,38)(H,34,40)/t27-,28-/m1/s1. The summed E-state index contributed by atoms with van der Waals surface area (Å²) in [5, 5.41) is 16.2. The Hall–Kier alpha value is -3.43. The van der Waals surface area contributed by atoms with E-state index in [0.29, 0.717) is 56.0 Å². The summed E-state index contributed by atoms with van der Waals surface area (Å²) in [6.45, 7) is 8.73. The molecule has 2 heterocycles. The van der Waals surface area contributed by atoms with Gasteiger partial charge in [-0.2, -0.15) is 0 Å². The summed E-state index contributed by atoms with van der Waals surface area (Å²) in [6.07, 6.45) is 2.45. The Morgan fingerprint density at radius 1 is 1.07 bits per heavy atom. The number of likely N-dealkylation sites (tertiary alicyclic amines) is 1. The highest BCUT2D eigenvalue weighted by atomic mass is 16.5. The summed E-state index contributed by atoms with van der Waals surface area (Å²) in [7, 11) is 1.60. The molecule has 0 bridgehead atoms. The molecule has 0 aromatic heterocycles. The number of nitrogens with one attached hydrogen (secondary N) is 2. The molecule has 2 aromatic rings. The highest BCUT2D eigenvalue weighted by molar-refractivity contribution is 6.00. The van der Waals surface area contributed by atoms with Gasteiger partial charge in [-0.15, -0.1) is 0 Å². The minimum absolute atomic E-state index is 0.134. The maximum atomic E-state index is 13.6. The van der Waals surface area contributed by atoms with E-state index in [0.717, 1.165) is 24.9 Å². The summed E-state index contributed by atoms with van der Waals surface area (Å²) in [5.74, 6) is 1.15. The number of amides is 3. The number of piperidine rings is 1. The molecular weight excluding hydrogens is 520 g/mol. The van der Waals surface area contributed by atoms with Crippen molar-refractivity contribution in [3.63, 3.8) is 0 Å². The molecule has 41 heavy (non-hydrogen) atoms. The molecule has 9 nitrogen and oxygen atoms in total. The number of ether oxygens (including phenoxy) is 1. The lowest BCUT2D eigenvalue weighted by Crippen LogP contribution is -2.74. The van der Waals surface area contributed by atoms with Gasteiger partial charge in [0, 0.05) is 38.8 Å². The average Bonchev–Trinajstić information content (AvgIpc) is 2.96. The SMILES string of the molecule is CCCCN1C(=O)[C@@H]([C@H](O)CC(C)C)NC(=O)C12CCN(Cc1ccc(Oc3ccc(C(=O)NC)cc3)cc1)CC2. The van der Waals surface area contributed by atoms with Crippen molar-refractivity contribution in [2.24, 2.45) is 5.92 Å². The largest absolute Gasteiger partial charge is 0.457 e. The van der Waals surface area contributed by atoms with Gasteiger partial charge in [-0.25, -0.2) is 0 Å². The Labute approximate surface area is 243 Å². The Morgan fingerprint density at radius 3 is 2.24 bits per heavy atom. The maximum absolute atomic E-state index is 13.6. The molecule has 0 aliphatic carbocycles. The van der Waals surface area contributed by atoms with Crippen molar-refractivity contribution in [3.8, 4) is 11.5 Å². The van der Waals surface area contributed by atoms with Crippen LogP contribution in [0.2, 0.25) is 0 Å². The van der Waals surface area contributed by atoms with Gasteiger partial charge in [0.15, 0.2) is 0 Å². The van der Waals surface area contributed by atoms with Crippen molar-refractivity contribution in [2.75, 3.05) is 26.7 Å². The van der Waals surface area contributed by atoms with Crippen molar-refractivity contribution in [1.29, 1.82) is 0 Å². The molecule has 2 saturated heterocycles. The Morgan fingerprint density at radius 2 is 1.68 bits per heavy atom. The van der Waals surface area contributed by atoms with E-state index < -0.39 is 17.7 Å². The first-order chi connectivity index (χ1) is 19.7. The van der Waals surface area contributed by atoms with E-state index in [1.54, 1.807) is 36.2 Å². The number of piperazine rings is 1. The third-order valence-electron chi connectivity index (χ3n) is 8.18. The molecule has 0 unspecified atom stereocenters. The minimum atomic E-state index is -0.887. The lowest BCUT2D eigenvalue weighted by molar-refractivity contribution is -0.164. The number of carbonyl (C=O) groups excluding carboxylic acids is 3. The number of hydrogen-bond donors (Lipinski definition) is 3. The van der Waals surface area contributed by atoms with Crippen molar-refractivity contribution in [1.82, 2.24) is 20.4 Å². The van der Waals surface area contributed by atoms with Crippen LogP contribution in [0.5, 0.6) is 11.5 Å². The summed E-state index contributed by atoms with van der Waals surface area (Å²) < 4.78 is 5.93. The van der Waals surface area contributed by atoms with Gasteiger partial charge in [0.25, 0.3) is 5.91 Å². The zero-order valence-corrected chi connectivity index (χ0v) is 24.7. The van der Waals surface area contributed by atoms with E-state index in [9.17, 15) is 19.5 Å². The molecular formula is C32H44N4O5. The fourth-order valence-corrected chi connectivity index (χ4v) is 5.81. The van der Waals surface area contributed by atoms with Gasteiger partial charge in [-0.05, 0) is 73.6 Å². The number of nitrogens with zero attached hydrogens (tertiary/aromatic N) is 2. The smallest absolute Gasteiger partial charge is 0.251 e. The monoisotopic (exact) mass is 564 g/mol. The lowest BCUT2D eigenvalue weighted by Gasteiger charge is -2.52. The molecule has 2 aliphatic heterocycles. The first-order valence-corrected chi connectivity index (χ1v) is 14.8. The minimum Gasteiger partial charge on any atom is -0.457 e. The Balaban J connectivity index is 1.36. The van der Waals surface area contributed by atoms with Gasteiger partial charge < -0.3 is 25.4 Å². The number of aliphatic hydroxyl groups excluding tert-OH is 1. The molecule has 3 amide bonds. The average molecular weight is 565 g/mol. The zero-order chi connectivity index (χ0) is 29.6. The fourth-order valence-electron chi connectivity index (χ4n) is 5.81. The molecule has 2 aromatic carbocycles. The van der Waals surface area contributed by atoms with E-state index in [1.807, 2.05) is 38.1 Å². The van der Waals surface area contributed by atoms with Gasteiger partial charge in [-0.1, -0.05) is 39.3 Å². The molecule has 2 fully saturated rings. The number of unbranched alkanes of at least 4 members (excludes halogenated alkanes) is 1. The van der Waals surface area contributed by atoms with Crippen LogP contribution in [0.3, 0.4) is 0 Å². The van der Waals surface area contributed by atoms with Crippen LogP contribution in [0.15, 0.2) is 48.5 Å². The van der Waals surface area contributed by atoms with Gasteiger partial charge >= 0.3 is 0 Å². The second-order valence-electron chi connectivity index (χ2n) is 11.6. The second kappa shape index (κ2) is 13.5. The van der Waals surface area contributed by atoms with Crippen molar-refractivity contribution < 1.29 is 24.2 Å². The lowest BCUT2D eigenvalue weighted by atomic mass is 9.80. The van der Waals surface area contributed by atoms with Crippen LogP contribution < -0.4 is 15.4 Å². The topological polar surface area (TPSA) is 111 Å². The highest BCUT2D eigenvalue weighted by Gasteiger charge is 2.54. The molecule has 0 saturated carbocycles. The Bertz CT molecular complexity index is 1190. The van der Waals surface area contributed by atoms with E-state index >= 15 is 0 Å². The summed E-state index contributed by atoms with van der Waals surface area (Å²) >= 11 is 0. The van der Waals surface area contributed by atoms with E-state index in [-0.39, 0.29) is 23.6 Å². The Kier molecular flexibility index (Phi) is 10.0. The third kappa shape index (κ3) is 7.08. The van der Waals surface area contributed by atoms with Gasteiger partial charge in [0.2, 0.25) is 11.8 Å². The summed E-state index contributed by atoms with van der Waals surface area (Å²) in [5.41, 5.74) is 0.847. The van der Waals surface area contributed by atoms with Crippen LogP contribution in [-0.2, 0) is 16.1 Å². The van der Waals surface area contributed by atoms with Crippen molar-refractivity contribution in [3.05, 3.63) is 59.7 Å². The number of benzene rings is 2. The van der Waals surface area contributed by atoms with Crippen LogP contribution in [-0.4, -0.2) is 77.0 Å². The van der Waals surface area contributed by atoms with E-state index in [1.165, 1.54) is 0 Å². The van der Waals surface area contributed by atoms with E-state index in [2.05, 4.69) is 22.5 Å². The van der Waals surface area contributed by atoms with Crippen LogP contribution >= 0.6 is 0 Å². The van der Waals surface area contributed by atoms with Crippen LogP contribution in [0.4, 0.5) is 0 Å². The quantitative estimate of drug-likeness (QED) is 0.384. The first-order valence-electron chi connectivity index (χ1n) is 14.8. The summed E-state index contributed by atoms with van der Waals surface area (Å²) in [4.78, 5) is 42.9. The second-order valence-corrected chi connectivity index (χ2v) is 11.6.